The van der Waals surface area contributed by atoms with Gasteiger partial charge in [-0.25, -0.2) is 13.4 Å². The van der Waals surface area contributed by atoms with Crippen molar-refractivity contribution >= 4 is 42.2 Å². The first-order valence-electron chi connectivity index (χ1n) is 6.03. The van der Waals surface area contributed by atoms with Crippen LogP contribution in [0.2, 0.25) is 0 Å². The van der Waals surface area contributed by atoms with E-state index in [-0.39, 0.29) is 15.5 Å². The summed E-state index contributed by atoms with van der Waals surface area (Å²) in [6.07, 6.45) is 0. The third kappa shape index (κ3) is 2.40. The van der Waals surface area contributed by atoms with Gasteiger partial charge in [0.15, 0.2) is 5.13 Å². The zero-order valence-electron chi connectivity index (χ0n) is 11.0. The fourth-order valence-corrected chi connectivity index (χ4v) is 4.11. The van der Waals surface area contributed by atoms with Crippen molar-refractivity contribution in [3.05, 3.63) is 52.6 Å². The number of sulfone groups is 1. The Kier molecular flexibility index (Phi) is 3.30. The Balaban J connectivity index is 2.08. The van der Waals surface area contributed by atoms with Crippen molar-refractivity contribution in [2.45, 2.75) is 9.79 Å². The molecule has 7 nitrogen and oxygen atoms in total. The number of aromatic nitrogens is 1. The molecule has 0 radical (unpaired) electrons. The summed E-state index contributed by atoms with van der Waals surface area (Å²) >= 11 is 1.20. The smallest absolute Gasteiger partial charge is 0.269 e. The Morgan fingerprint density at radius 2 is 1.73 bits per heavy atom. The first-order valence-corrected chi connectivity index (χ1v) is 8.33. The van der Waals surface area contributed by atoms with Crippen LogP contribution in [0.5, 0.6) is 0 Å². The van der Waals surface area contributed by atoms with Crippen LogP contribution in [0.1, 0.15) is 0 Å². The summed E-state index contributed by atoms with van der Waals surface area (Å²) in [6, 6.07) is 9.29. The second-order valence-electron chi connectivity index (χ2n) is 4.44. The van der Waals surface area contributed by atoms with Crippen molar-refractivity contribution in [1.29, 1.82) is 0 Å². The molecule has 0 saturated carbocycles. The van der Waals surface area contributed by atoms with Gasteiger partial charge >= 0.3 is 0 Å². The molecule has 112 valence electrons. The van der Waals surface area contributed by atoms with Crippen molar-refractivity contribution in [3.8, 4) is 0 Å². The summed E-state index contributed by atoms with van der Waals surface area (Å²) in [5, 5.41) is 11.0. The Morgan fingerprint density at radius 1 is 1.09 bits per heavy atom. The normalized spacial score (nSPS) is 11.6. The highest BCUT2D eigenvalue weighted by molar-refractivity contribution is 7.91. The second kappa shape index (κ2) is 5.04. The quantitative estimate of drug-likeness (QED) is 0.581. The molecule has 0 spiro atoms. The van der Waals surface area contributed by atoms with Crippen molar-refractivity contribution < 1.29 is 13.3 Å². The number of nitro groups is 1. The summed E-state index contributed by atoms with van der Waals surface area (Å²) in [4.78, 5) is 14.2. The van der Waals surface area contributed by atoms with E-state index in [2.05, 4.69) is 4.98 Å². The summed E-state index contributed by atoms with van der Waals surface area (Å²) in [7, 11) is -3.75. The van der Waals surface area contributed by atoms with Gasteiger partial charge in [0, 0.05) is 12.1 Å². The van der Waals surface area contributed by atoms with Crippen LogP contribution in [-0.4, -0.2) is 18.3 Å². The van der Waals surface area contributed by atoms with Gasteiger partial charge in [0.2, 0.25) is 9.84 Å². The van der Waals surface area contributed by atoms with Crippen LogP contribution in [0.4, 0.5) is 10.8 Å². The van der Waals surface area contributed by atoms with Crippen LogP contribution in [0, 0.1) is 10.1 Å². The predicted octanol–water partition coefficient (Wildman–Crippen LogP) is 2.62. The molecule has 2 N–H and O–H groups in total. The Morgan fingerprint density at radius 3 is 2.36 bits per heavy atom. The summed E-state index contributed by atoms with van der Waals surface area (Å²) < 4.78 is 25.8. The number of fused-ring (bicyclic) bond motifs is 1. The highest BCUT2D eigenvalue weighted by Crippen LogP contribution is 2.29. The van der Waals surface area contributed by atoms with Crippen molar-refractivity contribution in [2.75, 3.05) is 5.73 Å². The molecule has 0 amide bonds. The zero-order chi connectivity index (χ0) is 15.9. The van der Waals surface area contributed by atoms with E-state index in [0.29, 0.717) is 15.3 Å². The third-order valence-corrected chi connectivity index (χ3v) is 5.66. The van der Waals surface area contributed by atoms with E-state index in [1.807, 2.05) is 0 Å². The third-order valence-electron chi connectivity index (χ3n) is 3.04. The summed E-state index contributed by atoms with van der Waals surface area (Å²) in [5.74, 6) is 0. The van der Waals surface area contributed by atoms with E-state index < -0.39 is 14.8 Å². The van der Waals surface area contributed by atoms with Gasteiger partial charge in [-0.2, -0.15) is 0 Å². The van der Waals surface area contributed by atoms with E-state index in [1.165, 1.54) is 35.6 Å². The summed E-state index contributed by atoms with van der Waals surface area (Å²) in [5.41, 5.74) is 6.07. The van der Waals surface area contributed by atoms with Gasteiger partial charge in [-0.15, -0.1) is 0 Å². The van der Waals surface area contributed by atoms with Crippen molar-refractivity contribution in [1.82, 2.24) is 4.98 Å². The largest absolute Gasteiger partial charge is 0.375 e. The van der Waals surface area contributed by atoms with Crippen LogP contribution < -0.4 is 5.73 Å². The standard InChI is InChI=1S/C13H9N3O4S2/c14-13-15-11-6-5-10(7-12(11)21-13)22(19,20)9-3-1-8(2-4-9)16(17)18/h1-7H,(H2,14,15). The molecule has 0 aliphatic heterocycles. The molecule has 2 aromatic carbocycles. The Labute approximate surface area is 129 Å². The zero-order valence-corrected chi connectivity index (χ0v) is 12.6. The van der Waals surface area contributed by atoms with Crippen LogP contribution in [0.3, 0.4) is 0 Å². The maximum atomic E-state index is 12.5. The lowest BCUT2D eigenvalue weighted by Crippen LogP contribution is -2.02. The van der Waals surface area contributed by atoms with Crippen LogP contribution in [-0.2, 0) is 9.84 Å². The fourth-order valence-electron chi connectivity index (χ4n) is 1.97. The number of nitrogen functional groups attached to an aromatic ring is 1. The highest BCUT2D eigenvalue weighted by Gasteiger charge is 2.19. The molecule has 0 atom stereocenters. The molecule has 0 aliphatic rings. The molecule has 22 heavy (non-hydrogen) atoms. The van der Waals surface area contributed by atoms with Crippen LogP contribution >= 0.6 is 11.3 Å². The lowest BCUT2D eigenvalue weighted by Gasteiger charge is -2.04. The summed E-state index contributed by atoms with van der Waals surface area (Å²) in [6.45, 7) is 0. The molecule has 0 fully saturated rings. The van der Waals surface area contributed by atoms with E-state index in [9.17, 15) is 18.5 Å². The van der Waals surface area contributed by atoms with Gasteiger partial charge in [0.25, 0.3) is 5.69 Å². The van der Waals surface area contributed by atoms with Gasteiger partial charge in [0.05, 0.1) is 24.9 Å². The maximum absolute atomic E-state index is 12.5. The lowest BCUT2D eigenvalue weighted by atomic mass is 10.3. The van der Waals surface area contributed by atoms with E-state index in [4.69, 9.17) is 5.73 Å². The van der Waals surface area contributed by atoms with Crippen LogP contribution in [0.25, 0.3) is 10.2 Å². The molecule has 0 saturated heterocycles. The first kappa shape index (κ1) is 14.4. The number of nitrogens with two attached hydrogens (primary N) is 1. The Hall–Kier alpha value is -2.52. The van der Waals surface area contributed by atoms with Gasteiger partial charge in [0.1, 0.15) is 0 Å². The van der Waals surface area contributed by atoms with Crippen molar-refractivity contribution in [3.63, 3.8) is 0 Å². The minimum atomic E-state index is -3.75. The number of non-ortho nitro benzene ring substituents is 1. The predicted molar refractivity (Wildman–Crippen MR) is 82.6 cm³/mol. The first-order chi connectivity index (χ1) is 10.4. The highest BCUT2D eigenvalue weighted by atomic mass is 32.2. The average Bonchev–Trinajstić information content (AvgIpc) is 2.86. The molecular weight excluding hydrogens is 326 g/mol. The molecular formula is C13H9N3O4S2. The van der Waals surface area contributed by atoms with Gasteiger partial charge in [-0.3, -0.25) is 10.1 Å². The second-order valence-corrected chi connectivity index (χ2v) is 7.45. The molecule has 0 unspecified atom stereocenters. The van der Waals surface area contributed by atoms with Crippen LogP contribution in [0.15, 0.2) is 52.3 Å². The number of benzene rings is 2. The SMILES string of the molecule is Nc1nc2ccc(S(=O)(=O)c3ccc([N+](=O)[O-])cc3)cc2s1. The van der Waals surface area contributed by atoms with Crippen molar-refractivity contribution in [2.24, 2.45) is 0 Å². The average molecular weight is 335 g/mol. The van der Waals surface area contributed by atoms with Gasteiger partial charge in [-0.1, -0.05) is 11.3 Å². The molecule has 9 heteroatoms. The number of anilines is 1. The fraction of sp³-hybridized carbons (Fsp3) is 0. The monoisotopic (exact) mass is 335 g/mol. The maximum Gasteiger partial charge on any atom is 0.269 e. The molecule has 3 rings (SSSR count). The molecule has 0 aliphatic carbocycles. The minimum absolute atomic E-state index is 0.00469. The lowest BCUT2D eigenvalue weighted by molar-refractivity contribution is -0.384. The topological polar surface area (TPSA) is 116 Å². The molecule has 3 aromatic rings. The Bertz CT molecular complexity index is 978. The van der Waals surface area contributed by atoms with Gasteiger partial charge in [-0.05, 0) is 30.3 Å². The molecule has 0 bridgehead atoms. The number of hydrogen-bond acceptors (Lipinski definition) is 7. The van der Waals surface area contributed by atoms with Gasteiger partial charge < -0.3 is 5.73 Å². The van der Waals surface area contributed by atoms with E-state index in [1.54, 1.807) is 6.07 Å². The molecule has 1 heterocycles. The number of nitro benzene ring substituents is 1. The van der Waals surface area contributed by atoms with E-state index in [0.717, 1.165) is 12.1 Å². The number of rotatable bonds is 3. The minimum Gasteiger partial charge on any atom is -0.375 e. The number of thiazole rings is 1. The molecule has 1 aromatic heterocycles. The number of hydrogen-bond donors (Lipinski definition) is 1. The number of nitrogens with zero attached hydrogens (tertiary/aromatic N) is 2. The van der Waals surface area contributed by atoms with E-state index >= 15 is 0 Å².